The molecule has 17 heavy (non-hydrogen) atoms. The maximum atomic E-state index is 12.4. The number of nitrogens with zero attached hydrogens (tertiary/aromatic N) is 3. The summed E-state index contributed by atoms with van der Waals surface area (Å²) in [5, 5.41) is 0. The number of aromatic nitrogens is 3. The molecular formula is C12H16N4O. The topological polar surface area (TPSA) is 65.8 Å². The molecule has 0 aromatic carbocycles. The zero-order valence-electron chi connectivity index (χ0n) is 10.1. The van der Waals surface area contributed by atoms with Gasteiger partial charge in [0.25, 0.3) is 0 Å². The first-order valence-electron chi connectivity index (χ1n) is 5.97. The molecule has 5 heteroatoms. The van der Waals surface area contributed by atoms with Crippen molar-refractivity contribution in [3.63, 3.8) is 0 Å². The van der Waals surface area contributed by atoms with Crippen molar-refractivity contribution in [2.45, 2.75) is 38.8 Å². The van der Waals surface area contributed by atoms with Crippen molar-refractivity contribution >= 4 is 16.9 Å². The number of pyridine rings is 1. The minimum Gasteiger partial charge on any atom is -0.397 e. The number of rotatable bonds is 2. The van der Waals surface area contributed by atoms with Crippen LogP contribution in [0.5, 0.6) is 0 Å². The molecule has 1 aliphatic rings. The summed E-state index contributed by atoms with van der Waals surface area (Å²) in [4.78, 5) is 16.7. The molecule has 90 valence electrons. The highest BCUT2D eigenvalue weighted by Crippen LogP contribution is 2.36. The predicted molar refractivity (Wildman–Crippen MR) is 67.1 cm³/mol. The quantitative estimate of drug-likeness (QED) is 0.857. The molecule has 1 saturated carbocycles. The first-order chi connectivity index (χ1) is 8.09. The summed E-state index contributed by atoms with van der Waals surface area (Å²) in [5.74, 6) is 0. The zero-order chi connectivity index (χ0) is 12.2. The van der Waals surface area contributed by atoms with Crippen molar-refractivity contribution in [3.05, 3.63) is 22.7 Å². The molecule has 0 bridgehead atoms. The Hall–Kier alpha value is -1.78. The number of imidazole rings is 1. The fourth-order valence-electron chi connectivity index (χ4n) is 2.29. The molecule has 1 fully saturated rings. The lowest BCUT2D eigenvalue weighted by molar-refractivity contribution is 0.568. The SMILES string of the molecule is CC(C)n1c(=O)n(C2CC2)c2ncc(N)cc21. The molecule has 2 aromatic heterocycles. The minimum atomic E-state index is 0.0376. The summed E-state index contributed by atoms with van der Waals surface area (Å²) in [5.41, 5.74) is 8.00. The summed E-state index contributed by atoms with van der Waals surface area (Å²) >= 11 is 0. The van der Waals surface area contributed by atoms with Crippen molar-refractivity contribution < 1.29 is 0 Å². The fraction of sp³-hybridized carbons (Fsp3) is 0.500. The van der Waals surface area contributed by atoms with E-state index in [-0.39, 0.29) is 11.7 Å². The Morgan fingerprint density at radius 2 is 2.18 bits per heavy atom. The maximum absolute atomic E-state index is 12.4. The summed E-state index contributed by atoms with van der Waals surface area (Å²) in [6.45, 7) is 4.00. The van der Waals surface area contributed by atoms with E-state index in [1.54, 1.807) is 10.8 Å². The third kappa shape index (κ3) is 1.45. The molecule has 0 atom stereocenters. The van der Waals surface area contributed by atoms with Crippen molar-refractivity contribution in [1.82, 2.24) is 14.1 Å². The molecular weight excluding hydrogens is 216 g/mol. The highest BCUT2D eigenvalue weighted by atomic mass is 16.2. The molecule has 0 radical (unpaired) electrons. The van der Waals surface area contributed by atoms with E-state index < -0.39 is 0 Å². The van der Waals surface area contributed by atoms with Crippen molar-refractivity contribution in [1.29, 1.82) is 0 Å². The van der Waals surface area contributed by atoms with Crippen LogP contribution in [0.2, 0.25) is 0 Å². The van der Waals surface area contributed by atoms with Gasteiger partial charge < -0.3 is 5.73 Å². The molecule has 0 amide bonds. The predicted octanol–water partition coefficient (Wildman–Crippen LogP) is 1.70. The Balaban J connectivity index is 2.41. The fourth-order valence-corrected chi connectivity index (χ4v) is 2.29. The van der Waals surface area contributed by atoms with Crippen molar-refractivity contribution in [2.75, 3.05) is 5.73 Å². The molecule has 2 aromatic rings. The van der Waals surface area contributed by atoms with Gasteiger partial charge in [-0.25, -0.2) is 9.78 Å². The van der Waals surface area contributed by atoms with Gasteiger partial charge in [0.1, 0.15) is 0 Å². The first-order valence-corrected chi connectivity index (χ1v) is 5.97. The van der Waals surface area contributed by atoms with E-state index in [2.05, 4.69) is 4.98 Å². The number of hydrogen-bond acceptors (Lipinski definition) is 3. The average Bonchev–Trinajstić information content (AvgIpc) is 3.02. The average molecular weight is 232 g/mol. The Bertz CT molecular complexity index is 634. The zero-order valence-corrected chi connectivity index (χ0v) is 10.1. The summed E-state index contributed by atoms with van der Waals surface area (Å²) in [6.07, 6.45) is 3.76. The van der Waals surface area contributed by atoms with Crippen LogP contribution in [0.25, 0.3) is 11.2 Å². The van der Waals surface area contributed by atoms with E-state index in [1.165, 1.54) is 0 Å². The van der Waals surface area contributed by atoms with Gasteiger partial charge in [0.15, 0.2) is 5.65 Å². The smallest absolute Gasteiger partial charge is 0.330 e. The molecule has 0 unspecified atom stereocenters. The summed E-state index contributed by atoms with van der Waals surface area (Å²) in [6, 6.07) is 2.29. The molecule has 2 N–H and O–H groups in total. The normalized spacial score (nSPS) is 15.9. The van der Waals surface area contributed by atoms with Gasteiger partial charge in [-0.3, -0.25) is 9.13 Å². The van der Waals surface area contributed by atoms with Crippen LogP contribution in [0.3, 0.4) is 0 Å². The first kappa shape index (κ1) is 10.4. The second kappa shape index (κ2) is 3.35. The number of hydrogen-bond donors (Lipinski definition) is 1. The van der Waals surface area contributed by atoms with Crippen LogP contribution in [0.1, 0.15) is 38.8 Å². The molecule has 0 saturated heterocycles. The molecule has 1 aliphatic carbocycles. The lowest BCUT2D eigenvalue weighted by atomic mass is 10.3. The van der Waals surface area contributed by atoms with Gasteiger partial charge in [0.2, 0.25) is 0 Å². The Kier molecular flexibility index (Phi) is 2.05. The van der Waals surface area contributed by atoms with Crippen LogP contribution in [0.4, 0.5) is 5.69 Å². The molecule has 0 spiro atoms. The van der Waals surface area contributed by atoms with Crippen LogP contribution < -0.4 is 11.4 Å². The second-order valence-corrected chi connectivity index (χ2v) is 4.96. The van der Waals surface area contributed by atoms with Crippen LogP contribution in [-0.2, 0) is 0 Å². The lowest BCUT2D eigenvalue weighted by Crippen LogP contribution is -2.25. The summed E-state index contributed by atoms with van der Waals surface area (Å²) in [7, 11) is 0. The standard InChI is InChI=1S/C12H16N4O/c1-7(2)15-10-5-8(13)6-14-11(10)16(12(15)17)9-3-4-9/h5-7,9H,3-4,13H2,1-2H3. The number of fused-ring (bicyclic) bond motifs is 1. The lowest BCUT2D eigenvalue weighted by Gasteiger charge is -2.06. The van der Waals surface area contributed by atoms with Gasteiger partial charge in [0, 0.05) is 12.1 Å². The Labute approximate surface area is 98.9 Å². The van der Waals surface area contributed by atoms with Crippen LogP contribution in [0.15, 0.2) is 17.1 Å². The van der Waals surface area contributed by atoms with E-state index in [1.807, 2.05) is 24.5 Å². The number of anilines is 1. The van der Waals surface area contributed by atoms with Crippen molar-refractivity contribution in [2.24, 2.45) is 0 Å². The third-order valence-corrected chi connectivity index (χ3v) is 3.20. The van der Waals surface area contributed by atoms with Crippen LogP contribution in [-0.4, -0.2) is 14.1 Å². The molecule has 0 aliphatic heterocycles. The highest BCUT2D eigenvalue weighted by Gasteiger charge is 2.30. The second-order valence-electron chi connectivity index (χ2n) is 4.96. The van der Waals surface area contributed by atoms with Gasteiger partial charge >= 0.3 is 5.69 Å². The summed E-state index contributed by atoms with van der Waals surface area (Å²) < 4.78 is 3.59. The molecule has 3 rings (SSSR count). The van der Waals surface area contributed by atoms with E-state index in [0.717, 1.165) is 24.0 Å². The van der Waals surface area contributed by atoms with Crippen molar-refractivity contribution in [3.8, 4) is 0 Å². The van der Waals surface area contributed by atoms with E-state index in [9.17, 15) is 4.79 Å². The van der Waals surface area contributed by atoms with Gasteiger partial charge in [-0.1, -0.05) is 0 Å². The van der Waals surface area contributed by atoms with Crippen LogP contribution in [0, 0.1) is 0 Å². The third-order valence-electron chi connectivity index (χ3n) is 3.20. The minimum absolute atomic E-state index is 0.0376. The van der Waals surface area contributed by atoms with Gasteiger partial charge in [-0.05, 0) is 32.8 Å². The van der Waals surface area contributed by atoms with Crippen LogP contribution >= 0.6 is 0 Å². The van der Waals surface area contributed by atoms with Gasteiger partial charge in [-0.2, -0.15) is 0 Å². The van der Waals surface area contributed by atoms with E-state index >= 15 is 0 Å². The monoisotopic (exact) mass is 232 g/mol. The largest absolute Gasteiger partial charge is 0.397 e. The Morgan fingerprint density at radius 3 is 2.76 bits per heavy atom. The number of nitrogens with two attached hydrogens (primary N) is 1. The van der Waals surface area contributed by atoms with Gasteiger partial charge in [0.05, 0.1) is 17.4 Å². The van der Waals surface area contributed by atoms with E-state index in [0.29, 0.717) is 11.7 Å². The Morgan fingerprint density at radius 1 is 1.47 bits per heavy atom. The molecule has 2 heterocycles. The van der Waals surface area contributed by atoms with Gasteiger partial charge in [-0.15, -0.1) is 0 Å². The highest BCUT2D eigenvalue weighted by molar-refractivity contribution is 5.75. The maximum Gasteiger partial charge on any atom is 0.330 e. The van der Waals surface area contributed by atoms with E-state index in [4.69, 9.17) is 5.73 Å². The molecule has 5 nitrogen and oxygen atoms in total. The number of nitrogen functional groups attached to an aromatic ring is 1.